The third kappa shape index (κ3) is 10.2. The second kappa shape index (κ2) is 7.87. The van der Waals surface area contributed by atoms with Gasteiger partial charge in [-0.15, -0.1) is 0 Å². The predicted octanol–water partition coefficient (Wildman–Crippen LogP) is 3.18. The zero-order valence-corrected chi connectivity index (χ0v) is 9.64. The van der Waals surface area contributed by atoms with Crippen molar-refractivity contribution in [3.63, 3.8) is 0 Å². The number of nitrogens with two attached hydrogens (primary N) is 1. The van der Waals surface area contributed by atoms with Crippen molar-refractivity contribution in [1.82, 2.24) is 0 Å². The Hall–Kier alpha value is 0.240. The molecule has 12 heavy (non-hydrogen) atoms. The Balaban J connectivity index is 2.96. The van der Waals surface area contributed by atoms with Crippen molar-refractivity contribution in [2.75, 3.05) is 5.75 Å². The van der Waals surface area contributed by atoms with Crippen LogP contribution in [0.25, 0.3) is 0 Å². The highest BCUT2D eigenvalue weighted by Gasteiger charge is 1.95. The van der Waals surface area contributed by atoms with Crippen LogP contribution >= 0.6 is 24.0 Å². The lowest BCUT2D eigenvalue weighted by Gasteiger charge is -2.03. The summed E-state index contributed by atoms with van der Waals surface area (Å²) in [4.78, 5) is 0. The van der Waals surface area contributed by atoms with Crippen molar-refractivity contribution in [2.24, 2.45) is 11.7 Å². The van der Waals surface area contributed by atoms with Crippen molar-refractivity contribution in [2.45, 2.75) is 39.5 Å². The zero-order valence-electron chi connectivity index (χ0n) is 8.01. The Morgan fingerprint density at radius 1 is 1.33 bits per heavy atom. The normalized spacial score (nSPS) is 10.6. The van der Waals surface area contributed by atoms with E-state index < -0.39 is 0 Å². The summed E-state index contributed by atoms with van der Waals surface area (Å²) in [5.41, 5.74) is 5.35. The van der Waals surface area contributed by atoms with Crippen molar-refractivity contribution in [3.05, 3.63) is 0 Å². The van der Waals surface area contributed by atoms with Crippen molar-refractivity contribution in [1.29, 1.82) is 0 Å². The number of rotatable bonds is 6. The molecule has 0 bridgehead atoms. The smallest absolute Gasteiger partial charge is 0.131 e. The lowest BCUT2D eigenvalue weighted by molar-refractivity contribution is 0.535. The van der Waals surface area contributed by atoms with Crippen LogP contribution in [0.1, 0.15) is 39.5 Å². The highest BCUT2D eigenvalue weighted by Crippen LogP contribution is 2.10. The summed E-state index contributed by atoms with van der Waals surface area (Å²) in [7, 11) is 0. The average molecular weight is 205 g/mol. The SMILES string of the molecule is CC(C)CCCCCSC(N)=S. The molecular weight excluding hydrogens is 186 g/mol. The van der Waals surface area contributed by atoms with Crippen molar-refractivity contribution < 1.29 is 0 Å². The third-order valence-electron chi connectivity index (χ3n) is 1.67. The molecular formula is C9H19NS2. The third-order valence-corrected chi connectivity index (χ3v) is 2.80. The molecule has 0 saturated heterocycles. The maximum absolute atomic E-state index is 5.35. The van der Waals surface area contributed by atoms with Gasteiger partial charge in [0.1, 0.15) is 4.32 Å². The van der Waals surface area contributed by atoms with E-state index in [2.05, 4.69) is 13.8 Å². The quantitative estimate of drug-likeness (QED) is 0.533. The fraction of sp³-hybridized carbons (Fsp3) is 0.889. The van der Waals surface area contributed by atoms with E-state index in [0.29, 0.717) is 4.32 Å². The molecule has 0 amide bonds. The minimum atomic E-state index is 0.582. The fourth-order valence-corrected chi connectivity index (χ4v) is 1.80. The second-order valence-electron chi connectivity index (χ2n) is 3.41. The van der Waals surface area contributed by atoms with E-state index in [1.165, 1.54) is 25.7 Å². The highest BCUT2D eigenvalue weighted by atomic mass is 32.2. The van der Waals surface area contributed by atoms with E-state index in [1.54, 1.807) is 11.8 Å². The molecule has 0 aromatic rings. The molecule has 0 unspecified atom stereocenters. The lowest BCUT2D eigenvalue weighted by Crippen LogP contribution is -2.02. The van der Waals surface area contributed by atoms with Crippen LogP contribution in [0.5, 0.6) is 0 Å². The molecule has 0 aliphatic carbocycles. The van der Waals surface area contributed by atoms with Gasteiger partial charge in [0.25, 0.3) is 0 Å². The van der Waals surface area contributed by atoms with Crippen LogP contribution in [0.4, 0.5) is 0 Å². The van der Waals surface area contributed by atoms with Gasteiger partial charge in [0.05, 0.1) is 0 Å². The van der Waals surface area contributed by atoms with Crippen LogP contribution in [-0.4, -0.2) is 10.1 Å². The zero-order chi connectivity index (χ0) is 9.40. The van der Waals surface area contributed by atoms with Crippen molar-refractivity contribution in [3.8, 4) is 0 Å². The Bertz CT molecular complexity index is 124. The lowest BCUT2D eigenvalue weighted by atomic mass is 10.1. The van der Waals surface area contributed by atoms with Gasteiger partial charge in [-0.05, 0) is 12.3 Å². The molecule has 0 aliphatic heterocycles. The summed E-state index contributed by atoms with van der Waals surface area (Å²) in [5.74, 6) is 1.93. The van der Waals surface area contributed by atoms with Gasteiger partial charge in [-0.3, -0.25) is 0 Å². The molecule has 0 aromatic carbocycles. The standard InChI is InChI=1S/C9H19NS2/c1-8(2)6-4-3-5-7-12-9(10)11/h8H,3-7H2,1-2H3,(H2,10,11). The van der Waals surface area contributed by atoms with Crippen LogP contribution in [0.3, 0.4) is 0 Å². The Kier molecular flexibility index (Phi) is 8.02. The first kappa shape index (κ1) is 12.2. The number of unbranched alkanes of at least 4 members (excludes halogenated alkanes) is 2. The van der Waals surface area contributed by atoms with E-state index >= 15 is 0 Å². The summed E-state index contributed by atoms with van der Waals surface area (Å²) in [6.45, 7) is 4.54. The Labute approximate surface area is 85.5 Å². The molecule has 72 valence electrons. The van der Waals surface area contributed by atoms with Gasteiger partial charge < -0.3 is 5.73 Å². The van der Waals surface area contributed by atoms with Crippen LogP contribution in [0.15, 0.2) is 0 Å². The molecule has 0 spiro atoms. The molecule has 0 aromatic heterocycles. The van der Waals surface area contributed by atoms with Crippen LogP contribution in [-0.2, 0) is 0 Å². The summed E-state index contributed by atoms with van der Waals surface area (Å²) >= 11 is 6.36. The summed E-state index contributed by atoms with van der Waals surface area (Å²) in [5, 5.41) is 0. The maximum atomic E-state index is 5.35. The molecule has 0 heterocycles. The molecule has 3 heteroatoms. The molecule has 0 aliphatic rings. The minimum Gasteiger partial charge on any atom is -0.385 e. The maximum Gasteiger partial charge on any atom is 0.131 e. The molecule has 0 saturated carbocycles. The highest BCUT2D eigenvalue weighted by molar-refractivity contribution is 8.22. The summed E-state index contributed by atoms with van der Waals surface area (Å²) in [6, 6.07) is 0. The topological polar surface area (TPSA) is 26.0 Å². The van der Waals surface area contributed by atoms with E-state index in [9.17, 15) is 0 Å². The molecule has 0 rings (SSSR count). The first-order chi connectivity index (χ1) is 5.63. The molecule has 0 atom stereocenters. The van der Waals surface area contributed by atoms with Crippen LogP contribution in [0.2, 0.25) is 0 Å². The van der Waals surface area contributed by atoms with E-state index in [-0.39, 0.29) is 0 Å². The molecule has 1 nitrogen and oxygen atoms in total. The first-order valence-corrected chi connectivity index (χ1v) is 5.94. The Morgan fingerprint density at radius 2 is 2.00 bits per heavy atom. The molecule has 0 radical (unpaired) electrons. The van der Waals surface area contributed by atoms with Gasteiger partial charge in [-0.25, -0.2) is 0 Å². The predicted molar refractivity (Wildman–Crippen MR) is 62.5 cm³/mol. The second-order valence-corrected chi connectivity index (χ2v) is 5.25. The van der Waals surface area contributed by atoms with Crippen molar-refractivity contribution >= 4 is 28.3 Å². The van der Waals surface area contributed by atoms with E-state index in [0.717, 1.165) is 11.7 Å². The number of thioether (sulfide) groups is 1. The monoisotopic (exact) mass is 205 g/mol. The van der Waals surface area contributed by atoms with Crippen LogP contribution in [0, 0.1) is 5.92 Å². The fourth-order valence-electron chi connectivity index (χ4n) is 1.00. The van der Waals surface area contributed by atoms with Gasteiger partial charge in [-0.2, -0.15) is 0 Å². The van der Waals surface area contributed by atoms with Gasteiger partial charge in [0, 0.05) is 5.75 Å². The molecule has 2 N–H and O–H groups in total. The largest absolute Gasteiger partial charge is 0.385 e. The summed E-state index contributed by atoms with van der Waals surface area (Å²) < 4.78 is 0.582. The van der Waals surface area contributed by atoms with Gasteiger partial charge >= 0.3 is 0 Å². The average Bonchev–Trinajstić information content (AvgIpc) is 1.95. The molecule has 0 fully saturated rings. The van der Waals surface area contributed by atoms with Gasteiger partial charge in [0.2, 0.25) is 0 Å². The number of hydrogen-bond acceptors (Lipinski definition) is 2. The van der Waals surface area contributed by atoms with Gasteiger partial charge in [-0.1, -0.05) is 57.1 Å². The number of hydrogen-bond donors (Lipinski definition) is 1. The summed E-state index contributed by atoms with van der Waals surface area (Å²) in [6.07, 6.45) is 5.25. The number of thiocarbonyl (C=S) groups is 1. The minimum absolute atomic E-state index is 0.582. The van der Waals surface area contributed by atoms with Gasteiger partial charge in [0.15, 0.2) is 0 Å². The van der Waals surface area contributed by atoms with E-state index in [4.69, 9.17) is 18.0 Å². The van der Waals surface area contributed by atoms with E-state index in [1.807, 2.05) is 0 Å². The van der Waals surface area contributed by atoms with Crippen LogP contribution < -0.4 is 5.73 Å². The Morgan fingerprint density at radius 3 is 2.50 bits per heavy atom. The first-order valence-electron chi connectivity index (χ1n) is 4.55.